The van der Waals surface area contributed by atoms with Crippen LogP contribution in [0, 0.1) is 0 Å². The lowest BCUT2D eigenvalue weighted by Crippen LogP contribution is -2.29. The largest absolute Gasteiger partial charge is 0.472 e. The number of rotatable bonds is 41. The van der Waals surface area contributed by atoms with Crippen LogP contribution in [-0.4, -0.2) is 42.8 Å². The predicted octanol–water partition coefficient (Wildman–Crippen LogP) is 14.2. The number of allylic oxidation sites excluding steroid dienone is 8. The van der Waals surface area contributed by atoms with Crippen molar-refractivity contribution in [1.29, 1.82) is 0 Å². The molecule has 2 unspecified atom stereocenters. The average Bonchev–Trinajstić information content (AvgIpc) is 3.16. The minimum atomic E-state index is -4.29. The highest BCUT2D eigenvalue weighted by molar-refractivity contribution is 7.47. The third-order valence-corrected chi connectivity index (χ3v) is 10.4. The summed E-state index contributed by atoms with van der Waals surface area (Å²) in [5.74, 6) is -0.812. The van der Waals surface area contributed by atoms with Crippen LogP contribution in [0.2, 0.25) is 0 Å². The van der Waals surface area contributed by atoms with E-state index < -0.39 is 26.5 Å². The molecule has 0 heterocycles. The number of carbonyl (C=O) groups excluding carboxylic acids is 2. The third kappa shape index (κ3) is 41.5. The number of unbranched alkanes of at least 4 members (excludes halogenated alkanes) is 21. The molecule has 0 aliphatic rings. The molecule has 0 saturated heterocycles. The molecule has 0 aliphatic carbocycles. The van der Waals surface area contributed by atoms with Crippen molar-refractivity contribution in [2.75, 3.05) is 19.8 Å². The van der Waals surface area contributed by atoms with Gasteiger partial charge in [0.25, 0.3) is 0 Å². The Hall–Kier alpha value is -1.99. The van der Waals surface area contributed by atoms with Gasteiger partial charge < -0.3 is 14.4 Å². The second-order valence-electron chi connectivity index (χ2n) is 14.7. The lowest BCUT2D eigenvalue weighted by molar-refractivity contribution is -0.161. The Morgan fingerprint density at radius 1 is 0.509 bits per heavy atom. The molecule has 9 heteroatoms. The summed E-state index contributed by atoms with van der Waals surface area (Å²) in [6.45, 7) is 5.36. The summed E-state index contributed by atoms with van der Waals surface area (Å²) in [7, 11) is -4.29. The van der Waals surface area contributed by atoms with E-state index in [0.717, 1.165) is 64.2 Å². The van der Waals surface area contributed by atoms with Gasteiger partial charge >= 0.3 is 19.8 Å². The first-order valence-corrected chi connectivity index (χ1v) is 23.9. The second-order valence-corrected chi connectivity index (χ2v) is 16.1. The molecule has 0 bridgehead atoms. The lowest BCUT2D eigenvalue weighted by atomic mass is 10.1. The molecule has 0 aromatic heterocycles. The molecule has 2 atom stereocenters. The van der Waals surface area contributed by atoms with E-state index in [-0.39, 0.29) is 32.0 Å². The van der Waals surface area contributed by atoms with Gasteiger partial charge in [-0.15, -0.1) is 0 Å². The molecule has 55 heavy (non-hydrogen) atoms. The van der Waals surface area contributed by atoms with Crippen LogP contribution in [-0.2, 0) is 32.7 Å². The Balaban J connectivity index is 4.08. The molecule has 8 nitrogen and oxygen atoms in total. The fraction of sp³-hybridized carbons (Fsp3) is 0.783. The van der Waals surface area contributed by atoms with E-state index >= 15 is 0 Å². The molecule has 0 aromatic rings. The zero-order chi connectivity index (χ0) is 40.3. The monoisotopic (exact) mass is 795 g/mol. The number of ether oxygens (including phenoxy) is 2. The fourth-order valence-corrected chi connectivity index (χ4v) is 6.86. The van der Waals surface area contributed by atoms with Crippen molar-refractivity contribution >= 4 is 19.8 Å². The number of hydrogen-bond acceptors (Lipinski definition) is 7. The smallest absolute Gasteiger partial charge is 0.462 e. The number of phosphoric acid groups is 1. The molecule has 0 fully saturated rings. The van der Waals surface area contributed by atoms with Crippen molar-refractivity contribution in [2.45, 2.75) is 213 Å². The Kier molecular flexibility index (Phi) is 40.1. The van der Waals surface area contributed by atoms with Gasteiger partial charge in [0, 0.05) is 12.8 Å². The van der Waals surface area contributed by atoms with Gasteiger partial charge in [-0.1, -0.05) is 165 Å². The number of carbonyl (C=O) groups is 2. The summed E-state index contributed by atoms with van der Waals surface area (Å²) in [4.78, 5) is 34.8. The van der Waals surface area contributed by atoms with Gasteiger partial charge in [0.1, 0.15) is 6.61 Å². The molecule has 0 radical (unpaired) electrons. The van der Waals surface area contributed by atoms with Crippen molar-refractivity contribution in [3.05, 3.63) is 48.6 Å². The Labute approximate surface area is 338 Å². The van der Waals surface area contributed by atoms with Gasteiger partial charge in [0.15, 0.2) is 6.10 Å². The van der Waals surface area contributed by atoms with Crippen LogP contribution in [0.3, 0.4) is 0 Å². The first kappa shape index (κ1) is 53.0. The summed E-state index contributed by atoms with van der Waals surface area (Å²) >= 11 is 0. The number of esters is 2. The molecule has 0 spiro atoms. The van der Waals surface area contributed by atoms with E-state index in [1.807, 2.05) is 0 Å². The SMILES string of the molecule is CC/C=C\C/C=C\C/C=C\CCCCCCCCCC(=O)OC(COC(=O)CCCCCCCCC/C=C\CCCCCCCCC)COP(=O)(O)OCC. The molecular weight excluding hydrogens is 711 g/mol. The summed E-state index contributed by atoms with van der Waals surface area (Å²) in [5.41, 5.74) is 0. The van der Waals surface area contributed by atoms with Crippen LogP contribution < -0.4 is 0 Å². The van der Waals surface area contributed by atoms with Crippen LogP contribution in [0.15, 0.2) is 48.6 Å². The van der Waals surface area contributed by atoms with Crippen molar-refractivity contribution in [3.63, 3.8) is 0 Å². The van der Waals surface area contributed by atoms with E-state index in [1.165, 1.54) is 103 Å². The van der Waals surface area contributed by atoms with Crippen molar-refractivity contribution in [2.24, 2.45) is 0 Å². The van der Waals surface area contributed by atoms with Crippen molar-refractivity contribution in [3.8, 4) is 0 Å². The molecule has 320 valence electrons. The van der Waals surface area contributed by atoms with E-state index in [2.05, 4.69) is 62.5 Å². The predicted molar refractivity (Wildman–Crippen MR) is 230 cm³/mol. The third-order valence-electron chi connectivity index (χ3n) is 9.37. The van der Waals surface area contributed by atoms with Gasteiger partial charge in [-0.3, -0.25) is 18.6 Å². The minimum absolute atomic E-state index is 0.00352. The zero-order valence-corrected chi connectivity index (χ0v) is 36.5. The highest BCUT2D eigenvalue weighted by Gasteiger charge is 2.25. The summed E-state index contributed by atoms with van der Waals surface area (Å²) in [6, 6.07) is 0. The maximum atomic E-state index is 12.6. The molecule has 0 saturated carbocycles. The number of hydrogen-bond donors (Lipinski definition) is 1. The number of phosphoric ester groups is 1. The van der Waals surface area contributed by atoms with Gasteiger partial charge in [-0.25, -0.2) is 4.57 Å². The van der Waals surface area contributed by atoms with Gasteiger partial charge in [-0.2, -0.15) is 0 Å². The van der Waals surface area contributed by atoms with Crippen LogP contribution >= 0.6 is 7.82 Å². The van der Waals surface area contributed by atoms with E-state index in [0.29, 0.717) is 6.42 Å². The fourth-order valence-electron chi connectivity index (χ4n) is 6.11. The molecular formula is C46H83O8P. The molecule has 1 N–H and O–H groups in total. The Morgan fingerprint density at radius 2 is 0.927 bits per heavy atom. The standard InChI is InChI=1S/C46H83O8P/c1-4-7-9-11-13-15-17-19-21-23-25-26-28-30-32-34-36-38-40-45(47)51-42-44(43-53-55(49,50)52-6-3)54-46(48)41-39-37-35-33-31-29-27-24-22-20-18-16-14-12-10-8-5-2/h8,10,14,16,20-23,44H,4-7,9,11-13,15,17-19,24-43H2,1-3H3,(H,49,50)/b10-8-,16-14-,22-20-,23-21-. The van der Waals surface area contributed by atoms with Gasteiger partial charge in [0.05, 0.1) is 13.2 Å². The Morgan fingerprint density at radius 3 is 1.42 bits per heavy atom. The maximum Gasteiger partial charge on any atom is 0.472 e. The molecule has 0 amide bonds. The second kappa shape index (κ2) is 41.6. The maximum absolute atomic E-state index is 12.6. The zero-order valence-electron chi connectivity index (χ0n) is 35.6. The lowest BCUT2D eigenvalue weighted by Gasteiger charge is -2.19. The van der Waals surface area contributed by atoms with Crippen LogP contribution in [0.5, 0.6) is 0 Å². The van der Waals surface area contributed by atoms with E-state index in [9.17, 15) is 19.0 Å². The van der Waals surface area contributed by atoms with Gasteiger partial charge in [-0.05, 0) is 77.6 Å². The topological polar surface area (TPSA) is 108 Å². The van der Waals surface area contributed by atoms with Crippen molar-refractivity contribution in [1.82, 2.24) is 0 Å². The summed E-state index contributed by atoms with van der Waals surface area (Å²) in [5, 5.41) is 0. The van der Waals surface area contributed by atoms with E-state index in [4.69, 9.17) is 18.5 Å². The molecule has 0 rings (SSSR count). The molecule has 0 aromatic carbocycles. The average molecular weight is 795 g/mol. The van der Waals surface area contributed by atoms with E-state index in [1.54, 1.807) is 6.92 Å². The van der Waals surface area contributed by atoms with Crippen LogP contribution in [0.25, 0.3) is 0 Å². The first-order chi connectivity index (χ1) is 26.8. The highest BCUT2D eigenvalue weighted by atomic mass is 31.2. The van der Waals surface area contributed by atoms with Crippen LogP contribution in [0.1, 0.15) is 207 Å². The Bertz CT molecular complexity index is 1040. The van der Waals surface area contributed by atoms with Crippen LogP contribution in [0.4, 0.5) is 0 Å². The quantitative estimate of drug-likeness (QED) is 0.0282. The highest BCUT2D eigenvalue weighted by Crippen LogP contribution is 2.43. The van der Waals surface area contributed by atoms with Crippen molar-refractivity contribution < 1.29 is 37.6 Å². The summed E-state index contributed by atoms with van der Waals surface area (Å²) < 4.78 is 32.7. The summed E-state index contributed by atoms with van der Waals surface area (Å²) in [6.07, 6.45) is 48.8. The minimum Gasteiger partial charge on any atom is -0.462 e. The van der Waals surface area contributed by atoms with Gasteiger partial charge in [0.2, 0.25) is 0 Å². The normalized spacial score (nSPS) is 13.7. The molecule has 0 aliphatic heterocycles. The first-order valence-electron chi connectivity index (χ1n) is 22.4.